The Labute approximate surface area is 185 Å². The first-order valence-electron chi connectivity index (χ1n) is 10.6. The van der Waals surface area contributed by atoms with Crippen LogP contribution < -0.4 is 16.0 Å². The molecule has 2 aliphatic rings. The van der Waals surface area contributed by atoms with Gasteiger partial charge < -0.3 is 20.7 Å². The molecule has 0 unspecified atom stereocenters. The molecule has 4 rings (SSSR count). The molecule has 2 aromatic rings. The first kappa shape index (κ1) is 21.9. The standard InChI is InChI=1S/C21H26ClFN6O2/c22-16-11-26-17(29-21(30)14-2-1-5-24-10-14)8-15(16)19-20(23)27-12-18(28-19)25-9-13-3-6-31-7-4-13/h8,11-14,24H,1-7,9-10H2,(H,25,28)(H,26,29,30)/t14-/m1/s1. The Bertz CT molecular complexity index is 919. The number of hydrogen-bond acceptors (Lipinski definition) is 7. The highest BCUT2D eigenvalue weighted by Gasteiger charge is 2.22. The average Bonchev–Trinajstić information content (AvgIpc) is 2.81. The zero-order valence-corrected chi connectivity index (χ0v) is 17.9. The third kappa shape index (κ3) is 5.66. The molecule has 0 bridgehead atoms. The van der Waals surface area contributed by atoms with Gasteiger partial charge >= 0.3 is 0 Å². The van der Waals surface area contributed by atoms with Gasteiger partial charge in [0.2, 0.25) is 11.9 Å². The number of ether oxygens (including phenoxy) is 1. The van der Waals surface area contributed by atoms with Crippen molar-refractivity contribution in [3.63, 3.8) is 0 Å². The second-order valence-corrected chi connectivity index (χ2v) is 8.32. The molecule has 31 heavy (non-hydrogen) atoms. The Balaban J connectivity index is 1.49. The SMILES string of the molecule is O=C(Nc1cc(-c2nc(NCC3CCOCC3)cnc2F)c(Cl)cn1)[C@@H]1CCCNC1. The van der Waals surface area contributed by atoms with E-state index in [1.165, 1.54) is 18.5 Å². The maximum Gasteiger partial charge on any atom is 0.239 e. The summed E-state index contributed by atoms with van der Waals surface area (Å²) in [6.45, 7) is 3.77. The molecule has 10 heteroatoms. The smallest absolute Gasteiger partial charge is 0.239 e. The Hall–Kier alpha value is -2.36. The monoisotopic (exact) mass is 448 g/mol. The maximum atomic E-state index is 14.5. The number of nitrogens with zero attached hydrogens (tertiary/aromatic N) is 3. The summed E-state index contributed by atoms with van der Waals surface area (Å²) in [4.78, 5) is 24.9. The Morgan fingerprint density at radius 3 is 2.84 bits per heavy atom. The van der Waals surface area contributed by atoms with Crippen LogP contribution in [0, 0.1) is 17.8 Å². The fourth-order valence-electron chi connectivity index (χ4n) is 3.82. The number of anilines is 2. The molecule has 0 aliphatic carbocycles. The first-order valence-corrected chi connectivity index (χ1v) is 11.0. The zero-order valence-electron chi connectivity index (χ0n) is 17.2. The predicted molar refractivity (Wildman–Crippen MR) is 116 cm³/mol. The molecule has 4 heterocycles. The highest BCUT2D eigenvalue weighted by Crippen LogP contribution is 2.30. The molecule has 166 valence electrons. The number of rotatable bonds is 6. The normalized spacial score (nSPS) is 19.7. The summed E-state index contributed by atoms with van der Waals surface area (Å²) < 4.78 is 19.9. The Morgan fingerprint density at radius 2 is 2.06 bits per heavy atom. The van der Waals surface area contributed by atoms with E-state index in [-0.39, 0.29) is 22.5 Å². The highest BCUT2D eigenvalue weighted by atomic mass is 35.5. The minimum Gasteiger partial charge on any atom is -0.381 e. The fraction of sp³-hybridized carbons (Fsp3) is 0.524. The Morgan fingerprint density at radius 1 is 1.23 bits per heavy atom. The van der Waals surface area contributed by atoms with Gasteiger partial charge in [-0.3, -0.25) is 4.79 Å². The number of pyridine rings is 1. The molecule has 2 fully saturated rings. The largest absolute Gasteiger partial charge is 0.381 e. The van der Waals surface area contributed by atoms with Crippen molar-refractivity contribution in [1.82, 2.24) is 20.3 Å². The quantitative estimate of drug-likeness (QED) is 0.624. The summed E-state index contributed by atoms with van der Waals surface area (Å²) in [7, 11) is 0. The van der Waals surface area contributed by atoms with Gasteiger partial charge in [0.1, 0.15) is 17.3 Å². The second-order valence-electron chi connectivity index (χ2n) is 7.91. The number of amides is 1. The van der Waals surface area contributed by atoms with Crippen LogP contribution in [0.3, 0.4) is 0 Å². The number of nitrogens with one attached hydrogen (secondary N) is 3. The van der Waals surface area contributed by atoms with Crippen molar-refractivity contribution in [2.45, 2.75) is 25.7 Å². The first-order chi connectivity index (χ1) is 15.1. The molecule has 8 nitrogen and oxygen atoms in total. The molecule has 0 aromatic carbocycles. The van der Waals surface area contributed by atoms with Gasteiger partial charge in [-0.25, -0.2) is 15.0 Å². The molecule has 1 amide bonds. The zero-order chi connectivity index (χ0) is 21.6. The van der Waals surface area contributed by atoms with Crippen LogP contribution in [0.5, 0.6) is 0 Å². The van der Waals surface area contributed by atoms with E-state index in [0.717, 1.165) is 45.4 Å². The van der Waals surface area contributed by atoms with Crippen molar-refractivity contribution in [2.24, 2.45) is 11.8 Å². The van der Waals surface area contributed by atoms with Crippen LogP contribution in [0.2, 0.25) is 5.02 Å². The number of carbonyl (C=O) groups excluding carboxylic acids is 1. The number of hydrogen-bond donors (Lipinski definition) is 3. The minimum atomic E-state index is -0.738. The molecule has 0 saturated carbocycles. The maximum absolute atomic E-state index is 14.5. The van der Waals surface area contributed by atoms with Crippen LogP contribution >= 0.6 is 11.6 Å². The van der Waals surface area contributed by atoms with Crippen LogP contribution in [0.4, 0.5) is 16.0 Å². The van der Waals surface area contributed by atoms with Gasteiger partial charge in [0, 0.05) is 38.1 Å². The van der Waals surface area contributed by atoms with E-state index in [2.05, 4.69) is 30.9 Å². The van der Waals surface area contributed by atoms with E-state index >= 15 is 0 Å². The number of piperidine rings is 1. The van der Waals surface area contributed by atoms with Gasteiger partial charge in [0.25, 0.3) is 0 Å². The lowest BCUT2D eigenvalue weighted by Gasteiger charge is -2.22. The fourth-order valence-corrected chi connectivity index (χ4v) is 4.02. The van der Waals surface area contributed by atoms with E-state index < -0.39 is 5.95 Å². The van der Waals surface area contributed by atoms with E-state index in [0.29, 0.717) is 36.2 Å². The summed E-state index contributed by atoms with van der Waals surface area (Å²) in [5.74, 6) is 0.268. The molecule has 0 radical (unpaired) electrons. The summed E-state index contributed by atoms with van der Waals surface area (Å²) in [6, 6.07) is 1.53. The Kier molecular flexibility index (Phi) is 7.26. The van der Waals surface area contributed by atoms with E-state index in [9.17, 15) is 9.18 Å². The topological polar surface area (TPSA) is 101 Å². The van der Waals surface area contributed by atoms with Gasteiger partial charge in [0.15, 0.2) is 0 Å². The van der Waals surface area contributed by atoms with Gasteiger partial charge in [-0.05, 0) is 44.2 Å². The molecule has 2 saturated heterocycles. The summed E-state index contributed by atoms with van der Waals surface area (Å²) in [6.07, 6.45) is 6.47. The average molecular weight is 449 g/mol. The lowest BCUT2D eigenvalue weighted by molar-refractivity contribution is -0.120. The van der Waals surface area contributed by atoms with Crippen molar-refractivity contribution >= 4 is 29.1 Å². The van der Waals surface area contributed by atoms with Crippen molar-refractivity contribution < 1.29 is 13.9 Å². The van der Waals surface area contributed by atoms with Crippen molar-refractivity contribution in [3.05, 3.63) is 29.4 Å². The predicted octanol–water partition coefficient (Wildman–Crippen LogP) is 3.11. The second kappa shape index (κ2) is 10.3. The van der Waals surface area contributed by atoms with Crippen LogP contribution in [0.15, 0.2) is 18.5 Å². The van der Waals surface area contributed by atoms with Crippen LogP contribution in [-0.2, 0) is 9.53 Å². The minimum absolute atomic E-state index is 0.0132. The van der Waals surface area contributed by atoms with Gasteiger partial charge in [-0.15, -0.1) is 0 Å². The number of halogens is 2. The highest BCUT2D eigenvalue weighted by molar-refractivity contribution is 6.33. The lowest BCUT2D eigenvalue weighted by Crippen LogP contribution is -2.37. The molecule has 0 spiro atoms. The third-order valence-electron chi connectivity index (χ3n) is 5.67. The van der Waals surface area contributed by atoms with Gasteiger partial charge in [0.05, 0.1) is 17.1 Å². The molecule has 2 aromatic heterocycles. The van der Waals surface area contributed by atoms with Gasteiger partial charge in [-0.2, -0.15) is 4.39 Å². The molecular formula is C21H26ClFN6O2. The van der Waals surface area contributed by atoms with Gasteiger partial charge in [-0.1, -0.05) is 11.6 Å². The molecular weight excluding hydrogens is 423 g/mol. The van der Waals surface area contributed by atoms with Crippen molar-refractivity contribution in [2.75, 3.05) is 43.5 Å². The summed E-state index contributed by atoms with van der Waals surface area (Å²) >= 11 is 6.29. The van der Waals surface area contributed by atoms with E-state index in [1.54, 1.807) is 0 Å². The number of carbonyl (C=O) groups is 1. The van der Waals surface area contributed by atoms with Crippen molar-refractivity contribution in [3.8, 4) is 11.3 Å². The van der Waals surface area contributed by atoms with Crippen LogP contribution in [0.1, 0.15) is 25.7 Å². The number of aromatic nitrogens is 3. The van der Waals surface area contributed by atoms with E-state index in [4.69, 9.17) is 16.3 Å². The summed E-state index contributed by atoms with van der Waals surface area (Å²) in [5.41, 5.74) is 0.340. The lowest BCUT2D eigenvalue weighted by atomic mass is 9.99. The van der Waals surface area contributed by atoms with Crippen molar-refractivity contribution in [1.29, 1.82) is 0 Å². The van der Waals surface area contributed by atoms with E-state index in [1.807, 2.05) is 0 Å². The van der Waals surface area contributed by atoms with Crippen LogP contribution in [-0.4, -0.2) is 53.7 Å². The molecule has 2 aliphatic heterocycles. The summed E-state index contributed by atoms with van der Waals surface area (Å²) in [5, 5.41) is 9.48. The molecule has 1 atom stereocenters. The third-order valence-corrected chi connectivity index (χ3v) is 5.97. The van der Waals surface area contributed by atoms with Crippen LogP contribution in [0.25, 0.3) is 11.3 Å². The molecule has 3 N–H and O–H groups in total.